The molecule has 4 aromatic rings. The molecule has 0 saturated heterocycles. The van der Waals surface area contributed by atoms with Gasteiger partial charge in [-0.2, -0.15) is 0 Å². The lowest BCUT2D eigenvalue weighted by atomic mass is 10.0. The van der Waals surface area contributed by atoms with Crippen LogP contribution in [0.2, 0.25) is 0 Å². The SMILES string of the molecule is O=C(O)CC(C(=O)O)n1c(=O)[nH]c2c(Cc3ccco3)c(NC(=O)c3ccccc3)ccc2c1=O. The summed E-state index contributed by atoms with van der Waals surface area (Å²) in [6.07, 6.45) is 0.571. The van der Waals surface area contributed by atoms with E-state index in [-0.39, 0.29) is 17.3 Å². The first-order valence-electron chi connectivity index (χ1n) is 10.4. The predicted molar refractivity (Wildman–Crippen MR) is 124 cm³/mol. The zero-order valence-corrected chi connectivity index (χ0v) is 18.1. The van der Waals surface area contributed by atoms with Crippen molar-refractivity contribution in [3.63, 3.8) is 0 Å². The van der Waals surface area contributed by atoms with Gasteiger partial charge in [0.05, 0.1) is 23.6 Å². The molecule has 1 unspecified atom stereocenters. The molecule has 2 heterocycles. The number of benzene rings is 2. The predicted octanol–water partition coefficient (Wildman–Crippen LogP) is 2.23. The summed E-state index contributed by atoms with van der Waals surface area (Å²) in [5.41, 5.74) is -0.956. The highest BCUT2D eigenvalue weighted by Gasteiger charge is 2.28. The Hall–Kier alpha value is -4.93. The molecular formula is C24H19N3O8. The van der Waals surface area contributed by atoms with Crippen LogP contribution in [-0.4, -0.2) is 37.6 Å². The summed E-state index contributed by atoms with van der Waals surface area (Å²) in [6.45, 7) is 0. The molecule has 2 aromatic heterocycles. The zero-order valence-electron chi connectivity index (χ0n) is 18.1. The van der Waals surface area contributed by atoms with Gasteiger partial charge in [0.15, 0.2) is 0 Å². The number of aliphatic carboxylic acids is 2. The number of aromatic amines is 1. The van der Waals surface area contributed by atoms with Crippen LogP contribution in [0.15, 0.2) is 74.9 Å². The molecule has 0 aliphatic rings. The number of fused-ring (bicyclic) bond motifs is 1. The van der Waals surface area contributed by atoms with Crippen molar-refractivity contribution in [3.8, 4) is 0 Å². The molecular weight excluding hydrogens is 458 g/mol. The van der Waals surface area contributed by atoms with Gasteiger partial charge in [-0.15, -0.1) is 0 Å². The zero-order chi connectivity index (χ0) is 25.1. The van der Waals surface area contributed by atoms with Crippen LogP contribution >= 0.6 is 0 Å². The van der Waals surface area contributed by atoms with Crippen LogP contribution in [0, 0.1) is 0 Å². The van der Waals surface area contributed by atoms with Gasteiger partial charge in [0, 0.05) is 23.2 Å². The Bertz CT molecular complexity index is 1540. The van der Waals surface area contributed by atoms with Crippen molar-refractivity contribution in [2.45, 2.75) is 18.9 Å². The number of carboxylic acids is 2. The van der Waals surface area contributed by atoms with E-state index in [4.69, 9.17) is 9.52 Å². The first-order chi connectivity index (χ1) is 16.8. The lowest BCUT2D eigenvalue weighted by molar-refractivity contribution is -0.147. The Labute approximate surface area is 196 Å². The van der Waals surface area contributed by atoms with Crippen LogP contribution in [0.3, 0.4) is 0 Å². The Balaban J connectivity index is 1.90. The molecule has 35 heavy (non-hydrogen) atoms. The van der Waals surface area contributed by atoms with Crippen molar-refractivity contribution >= 4 is 34.4 Å². The summed E-state index contributed by atoms with van der Waals surface area (Å²) in [5.74, 6) is -3.07. The second kappa shape index (κ2) is 9.51. The highest BCUT2D eigenvalue weighted by atomic mass is 16.4. The van der Waals surface area contributed by atoms with Crippen molar-refractivity contribution in [1.82, 2.24) is 9.55 Å². The van der Waals surface area contributed by atoms with E-state index in [9.17, 15) is 29.1 Å². The molecule has 1 atom stereocenters. The number of anilines is 1. The molecule has 0 radical (unpaired) electrons. The molecule has 2 aromatic carbocycles. The van der Waals surface area contributed by atoms with E-state index in [0.717, 1.165) is 0 Å². The van der Waals surface area contributed by atoms with Crippen LogP contribution in [0.4, 0.5) is 5.69 Å². The number of carbonyl (C=O) groups is 3. The quantitative estimate of drug-likeness (QED) is 0.299. The maximum atomic E-state index is 13.2. The minimum atomic E-state index is -1.90. The molecule has 4 N–H and O–H groups in total. The number of hydrogen-bond donors (Lipinski definition) is 4. The fraction of sp³-hybridized carbons (Fsp3) is 0.125. The number of furan rings is 1. The van der Waals surface area contributed by atoms with Gasteiger partial charge >= 0.3 is 17.6 Å². The largest absolute Gasteiger partial charge is 0.481 e. The van der Waals surface area contributed by atoms with Gasteiger partial charge in [-0.25, -0.2) is 14.2 Å². The van der Waals surface area contributed by atoms with E-state index in [2.05, 4.69) is 10.3 Å². The third kappa shape index (κ3) is 4.74. The highest BCUT2D eigenvalue weighted by Crippen LogP contribution is 2.27. The van der Waals surface area contributed by atoms with Crippen LogP contribution in [0.5, 0.6) is 0 Å². The first-order valence-corrected chi connectivity index (χ1v) is 10.4. The normalized spacial score (nSPS) is 11.8. The van der Waals surface area contributed by atoms with Crippen molar-refractivity contribution in [1.29, 1.82) is 0 Å². The Morgan fingerprint density at radius 1 is 1.00 bits per heavy atom. The molecule has 0 aliphatic heterocycles. The number of amides is 1. The average molecular weight is 477 g/mol. The number of carboxylic acid groups (broad SMARTS) is 2. The average Bonchev–Trinajstić information content (AvgIpc) is 3.33. The van der Waals surface area contributed by atoms with Crippen molar-refractivity contribution in [2.24, 2.45) is 0 Å². The maximum absolute atomic E-state index is 13.2. The van der Waals surface area contributed by atoms with Gasteiger partial charge in [0.25, 0.3) is 11.5 Å². The standard InChI is InChI=1S/C24H19N3O8/c28-19(29)12-18(23(32)33)27-22(31)15-8-9-17(25-21(30)13-5-2-1-3-6-13)16(20(15)26-24(27)34)11-14-7-4-10-35-14/h1-10,18H,11-12H2,(H,25,30)(H,26,34)(H,28,29)(H,32,33). The fourth-order valence-electron chi connectivity index (χ4n) is 3.77. The maximum Gasteiger partial charge on any atom is 0.329 e. The lowest BCUT2D eigenvalue weighted by Crippen LogP contribution is -2.42. The van der Waals surface area contributed by atoms with Gasteiger partial charge < -0.3 is 24.9 Å². The topological polar surface area (TPSA) is 172 Å². The summed E-state index contributed by atoms with van der Waals surface area (Å²) in [5, 5.41) is 21.2. The molecule has 0 saturated carbocycles. The second-order valence-corrected chi connectivity index (χ2v) is 7.65. The molecule has 0 bridgehead atoms. The minimum absolute atomic E-state index is 0.0551. The van der Waals surface area contributed by atoms with E-state index < -0.39 is 41.6 Å². The number of H-pyrrole nitrogens is 1. The smallest absolute Gasteiger partial charge is 0.329 e. The highest BCUT2D eigenvalue weighted by molar-refractivity contribution is 6.06. The first kappa shape index (κ1) is 23.2. The molecule has 0 fully saturated rings. The molecule has 11 heteroatoms. The summed E-state index contributed by atoms with van der Waals surface area (Å²) < 4.78 is 5.77. The summed E-state index contributed by atoms with van der Waals surface area (Å²) in [7, 11) is 0. The molecule has 11 nitrogen and oxygen atoms in total. The summed E-state index contributed by atoms with van der Waals surface area (Å²) in [4.78, 5) is 64.0. The van der Waals surface area contributed by atoms with Crippen molar-refractivity contribution in [2.75, 3.05) is 5.32 Å². The van der Waals surface area contributed by atoms with Gasteiger partial charge in [0.2, 0.25) is 0 Å². The lowest BCUT2D eigenvalue weighted by Gasteiger charge is -2.16. The third-order valence-corrected chi connectivity index (χ3v) is 5.39. The number of hydrogen-bond acceptors (Lipinski definition) is 6. The number of carbonyl (C=O) groups excluding carboxylic acids is 1. The van der Waals surface area contributed by atoms with E-state index in [1.165, 1.54) is 18.4 Å². The van der Waals surface area contributed by atoms with E-state index >= 15 is 0 Å². The number of aromatic nitrogens is 2. The van der Waals surface area contributed by atoms with Gasteiger partial charge in [-0.1, -0.05) is 18.2 Å². The van der Waals surface area contributed by atoms with Gasteiger partial charge in [-0.3, -0.25) is 14.4 Å². The van der Waals surface area contributed by atoms with Crippen molar-refractivity contribution in [3.05, 3.63) is 98.6 Å². The Morgan fingerprint density at radius 2 is 1.74 bits per heavy atom. The van der Waals surface area contributed by atoms with Crippen LogP contribution in [-0.2, 0) is 16.0 Å². The molecule has 0 spiro atoms. The van der Waals surface area contributed by atoms with Crippen LogP contribution in [0.1, 0.15) is 34.1 Å². The van der Waals surface area contributed by atoms with Crippen molar-refractivity contribution < 1.29 is 29.0 Å². The third-order valence-electron chi connectivity index (χ3n) is 5.39. The molecule has 4 rings (SSSR count). The number of rotatable bonds is 8. The van der Waals surface area contributed by atoms with Gasteiger partial charge in [-0.05, 0) is 36.4 Å². The van der Waals surface area contributed by atoms with Crippen LogP contribution < -0.4 is 16.6 Å². The van der Waals surface area contributed by atoms with E-state index in [0.29, 0.717) is 27.1 Å². The monoisotopic (exact) mass is 477 g/mol. The van der Waals surface area contributed by atoms with E-state index in [1.807, 2.05) is 0 Å². The summed E-state index contributed by atoms with van der Waals surface area (Å²) >= 11 is 0. The fourth-order valence-corrected chi connectivity index (χ4v) is 3.77. The Morgan fingerprint density at radius 3 is 2.37 bits per heavy atom. The summed E-state index contributed by atoms with van der Waals surface area (Å²) in [6, 6.07) is 12.6. The molecule has 1 amide bonds. The molecule has 178 valence electrons. The Kier molecular flexibility index (Phi) is 6.32. The second-order valence-electron chi connectivity index (χ2n) is 7.65. The van der Waals surface area contributed by atoms with Crippen LogP contribution in [0.25, 0.3) is 10.9 Å². The van der Waals surface area contributed by atoms with Gasteiger partial charge in [0.1, 0.15) is 11.8 Å². The number of nitrogens with one attached hydrogen (secondary N) is 2. The molecule has 0 aliphatic carbocycles. The minimum Gasteiger partial charge on any atom is -0.481 e. The number of nitrogens with zero attached hydrogens (tertiary/aromatic N) is 1. The van der Waals surface area contributed by atoms with E-state index in [1.54, 1.807) is 42.5 Å².